The van der Waals surface area contributed by atoms with Crippen LogP contribution in [0.1, 0.15) is 55.8 Å². The summed E-state index contributed by atoms with van der Waals surface area (Å²) in [6.45, 7) is 13.7. The van der Waals surface area contributed by atoms with E-state index < -0.39 is 0 Å². The van der Waals surface area contributed by atoms with E-state index in [1.54, 1.807) is 0 Å². The molecule has 0 aromatic carbocycles. The predicted molar refractivity (Wildman–Crippen MR) is 88.9 cm³/mol. The van der Waals surface area contributed by atoms with Crippen molar-refractivity contribution in [3.8, 4) is 0 Å². The van der Waals surface area contributed by atoms with Gasteiger partial charge >= 0.3 is 0 Å². The summed E-state index contributed by atoms with van der Waals surface area (Å²) in [7, 11) is 0. The summed E-state index contributed by atoms with van der Waals surface area (Å²) < 4.78 is 5.97. The number of nitrogens with zero attached hydrogens (tertiary/aromatic N) is 2. The van der Waals surface area contributed by atoms with E-state index in [9.17, 15) is 0 Å². The minimum Gasteiger partial charge on any atom is -0.368 e. The molecular formula is C16H29N3OS. The summed E-state index contributed by atoms with van der Waals surface area (Å²) in [6.07, 6.45) is 2.32. The molecule has 2 heterocycles. The predicted octanol–water partition coefficient (Wildman–Crippen LogP) is 2.99. The highest BCUT2D eigenvalue weighted by Gasteiger charge is 2.26. The Kier molecular flexibility index (Phi) is 6.61. The standard InChI is InChI=1S/C16H29N3OS/c1-5-7-17-10-15-13(6-2)18-16(21-15)14-11-19(12(3)4)8-9-20-14/h12,14,17H,5-11H2,1-4H3. The quantitative estimate of drug-likeness (QED) is 0.786. The number of hydrogen-bond donors (Lipinski definition) is 1. The van der Waals surface area contributed by atoms with E-state index in [0.29, 0.717) is 6.04 Å². The van der Waals surface area contributed by atoms with Crippen LogP contribution in [0.25, 0.3) is 0 Å². The van der Waals surface area contributed by atoms with Crippen LogP contribution in [-0.4, -0.2) is 42.2 Å². The molecule has 0 aliphatic carbocycles. The van der Waals surface area contributed by atoms with Gasteiger partial charge in [0.2, 0.25) is 0 Å². The number of aromatic nitrogens is 1. The van der Waals surface area contributed by atoms with Crippen LogP contribution >= 0.6 is 11.3 Å². The Balaban J connectivity index is 2.05. The fraction of sp³-hybridized carbons (Fsp3) is 0.812. The summed E-state index contributed by atoms with van der Waals surface area (Å²) in [5.41, 5.74) is 1.24. The fourth-order valence-electron chi connectivity index (χ4n) is 2.62. The lowest BCUT2D eigenvalue weighted by molar-refractivity contribution is -0.0403. The molecule has 4 nitrogen and oxygen atoms in total. The average molecular weight is 311 g/mol. The van der Waals surface area contributed by atoms with Gasteiger partial charge < -0.3 is 10.1 Å². The van der Waals surface area contributed by atoms with Crippen molar-refractivity contribution in [2.75, 3.05) is 26.2 Å². The molecular weight excluding hydrogens is 282 g/mol. The Morgan fingerprint density at radius 3 is 2.90 bits per heavy atom. The molecule has 21 heavy (non-hydrogen) atoms. The maximum absolute atomic E-state index is 5.97. The van der Waals surface area contributed by atoms with Crippen LogP contribution in [0.5, 0.6) is 0 Å². The first-order chi connectivity index (χ1) is 10.2. The van der Waals surface area contributed by atoms with Gasteiger partial charge in [0, 0.05) is 30.6 Å². The summed E-state index contributed by atoms with van der Waals surface area (Å²) >= 11 is 1.83. The molecule has 1 aromatic rings. The van der Waals surface area contributed by atoms with Gasteiger partial charge in [-0.3, -0.25) is 4.90 Å². The third-order valence-electron chi connectivity index (χ3n) is 3.95. The molecule has 5 heteroatoms. The monoisotopic (exact) mass is 311 g/mol. The maximum Gasteiger partial charge on any atom is 0.123 e. The molecule has 0 amide bonds. The molecule has 1 aliphatic heterocycles. The molecule has 1 aromatic heterocycles. The van der Waals surface area contributed by atoms with Gasteiger partial charge in [0.15, 0.2) is 0 Å². The first kappa shape index (κ1) is 16.9. The summed E-state index contributed by atoms with van der Waals surface area (Å²) in [6, 6.07) is 0.577. The number of rotatable bonds is 7. The second-order valence-electron chi connectivity index (χ2n) is 5.90. The van der Waals surface area contributed by atoms with E-state index in [4.69, 9.17) is 9.72 Å². The van der Waals surface area contributed by atoms with Crippen LogP contribution < -0.4 is 5.32 Å². The lowest BCUT2D eigenvalue weighted by Crippen LogP contribution is -2.42. The zero-order valence-electron chi connectivity index (χ0n) is 13.8. The van der Waals surface area contributed by atoms with E-state index in [0.717, 1.165) is 44.2 Å². The number of ether oxygens (including phenoxy) is 1. The molecule has 1 atom stereocenters. The first-order valence-corrected chi connectivity index (χ1v) is 9.02. The van der Waals surface area contributed by atoms with E-state index in [1.807, 2.05) is 11.3 Å². The molecule has 0 saturated carbocycles. The topological polar surface area (TPSA) is 37.4 Å². The molecule has 2 rings (SSSR count). The molecule has 1 fully saturated rings. The molecule has 0 spiro atoms. The first-order valence-electron chi connectivity index (χ1n) is 8.20. The zero-order valence-corrected chi connectivity index (χ0v) is 14.6. The van der Waals surface area contributed by atoms with E-state index >= 15 is 0 Å². The van der Waals surface area contributed by atoms with E-state index in [-0.39, 0.29) is 6.10 Å². The Labute approximate surface area is 132 Å². The largest absolute Gasteiger partial charge is 0.368 e. The Morgan fingerprint density at radius 2 is 2.24 bits per heavy atom. The van der Waals surface area contributed by atoms with Crippen molar-refractivity contribution in [2.45, 2.75) is 59.2 Å². The number of nitrogens with one attached hydrogen (secondary N) is 1. The lowest BCUT2D eigenvalue weighted by atomic mass is 10.2. The molecule has 1 aliphatic rings. The minimum absolute atomic E-state index is 0.149. The summed E-state index contributed by atoms with van der Waals surface area (Å²) in [4.78, 5) is 8.71. The van der Waals surface area contributed by atoms with Crippen LogP contribution in [0.4, 0.5) is 0 Å². The molecule has 1 N–H and O–H groups in total. The Hall–Kier alpha value is -0.490. The summed E-state index contributed by atoms with van der Waals surface area (Å²) in [5, 5.41) is 4.65. The van der Waals surface area contributed by atoms with Crippen molar-refractivity contribution in [1.82, 2.24) is 15.2 Å². The van der Waals surface area contributed by atoms with Gasteiger partial charge in [-0.05, 0) is 33.2 Å². The highest BCUT2D eigenvalue weighted by molar-refractivity contribution is 7.11. The van der Waals surface area contributed by atoms with Crippen molar-refractivity contribution in [1.29, 1.82) is 0 Å². The number of aryl methyl sites for hydroxylation is 1. The van der Waals surface area contributed by atoms with E-state index in [2.05, 4.69) is 37.9 Å². The number of morpholine rings is 1. The van der Waals surface area contributed by atoms with Crippen LogP contribution in [-0.2, 0) is 17.7 Å². The molecule has 120 valence electrons. The minimum atomic E-state index is 0.149. The van der Waals surface area contributed by atoms with Gasteiger partial charge in [-0.2, -0.15) is 0 Å². The number of thiazole rings is 1. The van der Waals surface area contributed by atoms with Gasteiger partial charge in [0.05, 0.1) is 12.3 Å². The van der Waals surface area contributed by atoms with Crippen molar-refractivity contribution in [3.63, 3.8) is 0 Å². The molecule has 0 radical (unpaired) electrons. The van der Waals surface area contributed by atoms with Crippen LogP contribution in [0, 0.1) is 0 Å². The third kappa shape index (κ3) is 4.49. The smallest absolute Gasteiger partial charge is 0.123 e. The normalized spacial score (nSPS) is 20.3. The SMILES string of the molecule is CCCNCc1sc(C2CN(C(C)C)CCO2)nc1CC. The average Bonchev–Trinajstić information content (AvgIpc) is 2.91. The van der Waals surface area contributed by atoms with Crippen LogP contribution in [0.3, 0.4) is 0 Å². The third-order valence-corrected chi connectivity index (χ3v) is 5.14. The maximum atomic E-state index is 5.97. The van der Waals surface area contributed by atoms with Gasteiger partial charge in [-0.25, -0.2) is 4.98 Å². The van der Waals surface area contributed by atoms with Crippen molar-refractivity contribution >= 4 is 11.3 Å². The molecule has 1 unspecified atom stereocenters. The Morgan fingerprint density at radius 1 is 1.43 bits per heavy atom. The van der Waals surface area contributed by atoms with Gasteiger partial charge in [0.1, 0.15) is 11.1 Å². The van der Waals surface area contributed by atoms with Crippen LogP contribution in [0.15, 0.2) is 0 Å². The second-order valence-corrected chi connectivity index (χ2v) is 7.02. The summed E-state index contributed by atoms with van der Waals surface area (Å²) in [5.74, 6) is 0. The fourth-order valence-corrected chi connectivity index (χ4v) is 3.79. The second kappa shape index (κ2) is 8.22. The van der Waals surface area contributed by atoms with Gasteiger partial charge in [-0.15, -0.1) is 11.3 Å². The lowest BCUT2D eigenvalue weighted by Gasteiger charge is -2.34. The highest BCUT2D eigenvalue weighted by atomic mass is 32.1. The Bertz CT molecular complexity index is 433. The number of hydrogen-bond acceptors (Lipinski definition) is 5. The van der Waals surface area contributed by atoms with Crippen molar-refractivity contribution in [2.24, 2.45) is 0 Å². The van der Waals surface area contributed by atoms with Crippen molar-refractivity contribution in [3.05, 3.63) is 15.6 Å². The zero-order chi connectivity index (χ0) is 15.2. The molecule has 1 saturated heterocycles. The van der Waals surface area contributed by atoms with Crippen molar-refractivity contribution < 1.29 is 4.74 Å². The van der Waals surface area contributed by atoms with Gasteiger partial charge in [0.25, 0.3) is 0 Å². The van der Waals surface area contributed by atoms with E-state index in [1.165, 1.54) is 17.0 Å². The van der Waals surface area contributed by atoms with Gasteiger partial charge in [-0.1, -0.05) is 13.8 Å². The van der Waals surface area contributed by atoms with Crippen LogP contribution in [0.2, 0.25) is 0 Å². The molecule has 0 bridgehead atoms. The highest BCUT2D eigenvalue weighted by Crippen LogP contribution is 2.29.